The van der Waals surface area contributed by atoms with Crippen LogP contribution in [-0.2, 0) is 24.3 Å². The van der Waals surface area contributed by atoms with E-state index in [-0.39, 0.29) is 12.7 Å². The smallest absolute Gasteiger partial charge is 0.231 e. The minimum absolute atomic E-state index is 0.0839. The molecule has 1 aliphatic carbocycles. The Labute approximate surface area is 151 Å². The summed E-state index contributed by atoms with van der Waals surface area (Å²) in [7, 11) is 0. The van der Waals surface area contributed by atoms with Crippen LogP contribution in [0.5, 0.6) is 11.5 Å². The first kappa shape index (κ1) is 15.7. The molecule has 0 radical (unpaired) electrons. The van der Waals surface area contributed by atoms with Crippen molar-refractivity contribution >= 4 is 5.91 Å². The number of amides is 1. The fourth-order valence-corrected chi connectivity index (χ4v) is 3.64. The summed E-state index contributed by atoms with van der Waals surface area (Å²) < 4.78 is 12.6. The molecule has 7 nitrogen and oxygen atoms in total. The highest BCUT2D eigenvalue weighted by atomic mass is 16.7. The lowest BCUT2D eigenvalue weighted by molar-refractivity contribution is -0.132. The van der Waals surface area contributed by atoms with Crippen molar-refractivity contribution in [3.63, 3.8) is 0 Å². The van der Waals surface area contributed by atoms with E-state index in [1.807, 2.05) is 33.8 Å². The molecule has 1 N–H and O–H groups in total. The zero-order chi connectivity index (χ0) is 17.7. The number of hydrogen-bond donors (Lipinski definition) is 1. The monoisotopic (exact) mass is 355 g/mol. The van der Waals surface area contributed by atoms with Crippen LogP contribution >= 0.6 is 0 Å². The van der Waals surface area contributed by atoms with Crippen LogP contribution < -0.4 is 9.47 Å². The van der Waals surface area contributed by atoms with Crippen molar-refractivity contribution in [2.75, 3.05) is 13.3 Å². The van der Waals surface area contributed by atoms with Gasteiger partial charge in [0.05, 0.1) is 30.9 Å². The fraction of sp³-hybridized carbons (Fsp3) is 0.474. The molecule has 26 heavy (non-hydrogen) atoms. The van der Waals surface area contributed by atoms with Gasteiger partial charge in [0.25, 0.3) is 0 Å². The van der Waals surface area contributed by atoms with Crippen molar-refractivity contribution in [1.82, 2.24) is 14.7 Å². The first-order valence-corrected chi connectivity index (χ1v) is 9.08. The lowest BCUT2D eigenvalue weighted by atomic mass is 10.1. The Kier molecular flexibility index (Phi) is 3.63. The maximum absolute atomic E-state index is 12.7. The Morgan fingerprint density at radius 1 is 1.23 bits per heavy atom. The molecule has 3 heterocycles. The van der Waals surface area contributed by atoms with E-state index in [1.165, 1.54) is 0 Å². The third-order valence-electron chi connectivity index (χ3n) is 5.33. The SMILES string of the molecule is O=C(Cc1ccc2c(c1)OCO2)N1CCn2nc([C@@H](O)C3CC3)cc2C1. The molecule has 136 valence electrons. The van der Waals surface area contributed by atoms with Crippen LogP contribution in [0.4, 0.5) is 0 Å². The lowest BCUT2D eigenvalue weighted by Gasteiger charge is -2.27. The highest BCUT2D eigenvalue weighted by molar-refractivity contribution is 5.79. The van der Waals surface area contributed by atoms with Crippen molar-refractivity contribution in [2.45, 2.75) is 38.5 Å². The molecule has 1 atom stereocenters. The van der Waals surface area contributed by atoms with E-state index in [0.717, 1.165) is 35.5 Å². The number of aliphatic hydroxyl groups excluding tert-OH is 1. The molecule has 7 heteroatoms. The Hall–Kier alpha value is -2.54. The van der Waals surface area contributed by atoms with E-state index in [0.29, 0.717) is 37.7 Å². The second-order valence-electron chi connectivity index (χ2n) is 7.25. The van der Waals surface area contributed by atoms with E-state index >= 15 is 0 Å². The fourth-order valence-electron chi connectivity index (χ4n) is 3.64. The van der Waals surface area contributed by atoms with Crippen LogP contribution in [0.2, 0.25) is 0 Å². The molecule has 0 unspecified atom stereocenters. The number of ether oxygens (including phenoxy) is 2. The van der Waals surface area contributed by atoms with Crippen LogP contribution in [0, 0.1) is 5.92 Å². The first-order chi connectivity index (χ1) is 12.7. The van der Waals surface area contributed by atoms with E-state index in [9.17, 15) is 9.90 Å². The van der Waals surface area contributed by atoms with Gasteiger partial charge in [-0.25, -0.2) is 0 Å². The van der Waals surface area contributed by atoms with Crippen molar-refractivity contribution in [1.29, 1.82) is 0 Å². The Balaban J connectivity index is 1.27. The van der Waals surface area contributed by atoms with E-state index in [1.54, 1.807) is 0 Å². The number of aliphatic hydroxyl groups is 1. The molecule has 1 saturated carbocycles. The average molecular weight is 355 g/mol. The summed E-state index contributed by atoms with van der Waals surface area (Å²) in [4.78, 5) is 14.6. The number of carbonyl (C=O) groups excluding carboxylic acids is 1. The van der Waals surface area contributed by atoms with E-state index in [2.05, 4.69) is 5.10 Å². The summed E-state index contributed by atoms with van der Waals surface area (Å²) in [6.45, 7) is 2.07. The number of fused-ring (bicyclic) bond motifs is 2. The average Bonchev–Trinajstić information content (AvgIpc) is 3.24. The van der Waals surface area contributed by atoms with Gasteiger partial charge in [0, 0.05) is 6.54 Å². The predicted molar refractivity (Wildman–Crippen MR) is 91.6 cm³/mol. The molecular weight excluding hydrogens is 334 g/mol. The maximum atomic E-state index is 12.7. The van der Waals surface area contributed by atoms with E-state index < -0.39 is 6.10 Å². The normalized spacial score (nSPS) is 19.3. The maximum Gasteiger partial charge on any atom is 0.231 e. The van der Waals surface area contributed by atoms with E-state index in [4.69, 9.17) is 9.47 Å². The quantitative estimate of drug-likeness (QED) is 0.902. The van der Waals surface area contributed by atoms with Gasteiger partial charge in [-0.15, -0.1) is 0 Å². The molecule has 2 aromatic rings. The zero-order valence-electron chi connectivity index (χ0n) is 14.4. The number of rotatable bonds is 4. The van der Waals surface area contributed by atoms with Gasteiger partial charge in [-0.3, -0.25) is 9.48 Å². The Bertz CT molecular complexity index is 858. The minimum atomic E-state index is -0.467. The summed E-state index contributed by atoms with van der Waals surface area (Å²) in [6.07, 6.45) is 2.01. The Morgan fingerprint density at radius 2 is 2.08 bits per heavy atom. The second kappa shape index (κ2) is 6.02. The predicted octanol–water partition coefficient (Wildman–Crippen LogP) is 1.64. The number of carbonyl (C=O) groups is 1. The minimum Gasteiger partial charge on any atom is -0.454 e. The molecule has 1 aromatic heterocycles. The highest BCUT2D eigenvalue weighted by Crippen LogP contribution is 2.40. The molecule has 1 amide bonds. The van der Waals surface area contributed by atoms with Crippen LogP contribution in [0.3, 0.4) is 0 Å². The standard InChI is InChI=1S/C19H21N3O4/c23-18(8-12-1-4-16-17(7-12)26-11-25-16)21-5-6-22-14(10-21)9-15(20-22)19(24)13-2-3-13/h1,4,7,9,13,19,24H,2-3,5-6,8,10-11H2/t19-/m0/s1. The molecule has 0 saturated heterocycles. The van der Waals surface area contributed by atoms with Crippen molar-refractivity contribution in [3.8, 4) is 11.5 Å². The molecule has 0 bridgehead atoms. The summed E-state index contributed by atoms with van der Waals surface area (Å²) >= 11 is 0. The van der Waals surface area contributed by atoms with Crippen molar-refractivity contribution in [2.24, 2.45) is 5.92 Å². The summed E-state index contributed by atoms with van der Waals surface area (Å²) in [5, 5.41) is 14.8. The Morgan fingerprint density at radius 3 is 2.92 bits per heavy atom. The van der Waals surface area contributed by atoms with Crippen molar-refractivity contribution < 1.29 is 19.4 Å². The first-order valence-electron chi connectivity index (χ1n) is 9.08. The highest BCUT2D eigenvalue weighted by Gasteiger charge is 2.33. The number of aromatic nitrogens is 2. The lowest BCUT2D eigenvalue weighted by Crippen LogP contribution is -2.39. The van der Waals surface area contributed by atoms with Crippen LogP contribution in [-0.4, -0.2) is 39.0 Å². The van der Waals surface area contributed by atoms with Crippen LogP contribution in [0.15, 0.2) is 24.3 Å². The van der Waals surface area contributed by atoms with Crippen LogP contribution in [0.25, 0.3) is 0 Å². The largest absolute Gasteiger partial charge is 0.454 e. The molecule has 2 aliphatic heterocycles. The summed E-state index contributed by atoms with van der Waals surface area (Å²) in [6, 6.07) is 7.58. The van der Waals surface area contributed by atoms with Gasteiger partial charge in [-0.1, -0.05) is 6.07 Å². The molecule has 3 aliphatic rings. The van der Waals surface area contributed by atoms with Gasteiger partial charge < -0.3 is 19.5 Å². The van der Waals surface area contributed by atoms with Gasteiger partial charge in [-0.2, -0.15) is 5.10 Å². The van der Waals surface area contributed by atoms with Gasteiger partial charge in [-0.05, 0) is 42.5 Å². The molecule has 1 fully saturated rings. The third kappa shape index (κ3) is 2.82. The third-order valence-corrected chi connectivity index (χ3v) is 5.33. The summed E-state index contributed by atoms with van der Waals surface area (Å²) in [5.41, 5.74) is 2.65. The molecule has 1 aromatic carbocycles. The molecule has 5 rings (SSSR count). The molecule has 0 spiro atoms. The van der Waals surface area contributed by atoms with Gasteiger partial charge in [0.15, 0.2) is 11.5 Å². The molecular formula is C19H21N3O4. The van der Waals surface area contributed by atoms with Gasteiger partial charge in [0.2, 0.25) is 12.7 Å². The summed E-state index contributed by atoms with van der Waals surface area (Å²) in [5.74, 6) is 1.87. The number of nitrogens with zero attached hydrogens (tertiary/aromatic N) is 3. The zero-order valence-corrected chi connectivity index (χ0v) is 14.4. The van der Waals surface area contributed by atoms with Gasteiger partial charge in [0.1, 0.15) is 6.10 Å². The second-order valence-corrected chi connectivity index (χ2v) is 7.25. The van der Waals surface area contributed by atoms with Crippen molar-refractivity contribution in [3.05, 3.63) is 41.2 Å². The topological polar surface area (TPSA) is 76.8 Å². The van der Waals surface area contributed by atoms with Crippen LogP contribution in [0.1, 0.15) is 35.9 Å². The number of hydrogen-bond acceptors (Lipinski definition) is 5. The number of benzene rings is 1. The van der Waals surface area contributed by atoms with Gasteiger partial charge >= 0.3 is 0 Å².